The van der Waals surface area contributed by atoms with Gasteiger partial charge in [-0.05, 0) is 101 Å². The van der Waals surface area contributed by atoms with Crippen LogP contribution in [-0.2, 0) is 27.3 Å². The molecule has 1 fully saturated rings. The van der Waals surface area contributed by atoms with Crippen LogP contribution in [0.15, 0.2) is 48.5 Å². The lowest BCUT2D eigenvalue weighted by Crippen LogP contribution is -2.55. The second kappa shape index (κ2) is 16.3. The SMILES string of the molecule is Cc1ccc2cc1CNC(=O)[C@H](CCc1ccccc1)NC(=O)[C@@H](NC(=O)OC(C)(C)C)CCNC(=O)N1CCCC(CCO2)C1. The zero-order chi connectivity index (χ0) is 33.1. The summed E-state index contributed by atoms with van der Waals surface area (Å²) in [5.74, 6) is 0.163. The van der Waals surface area contributed by atoms with Crippen LogP contribution in [-0.4, -0.2) is 72.8 Å². The van der Waals surface area contributed by atoms with Gasteiger partial charge in [-0.3, -0.25) is 9.59 Å². The minimum absolute atomic E-state index is 0.112. The number of aryl methyl sites for hydroxylation is 2. The number of hydrogen-bond donors (Lipinski definition) is 4. The fourth-order valence-electron chi connectivity index (χ4n) is 5.71. The van der Waals surface area contributed by atoms with Crippen molar-refractivity contribution in [1.29, 1.82) is 0 Å². The second-order valence-corrected chi connectivity index (χ2v) is 13.2. The maximum Gasteiger partial charge on any atom is 0.408 e. The van der Waals surface area contributed by atoms with Gasteiger partial charge in [0.2, 0.25) is 11.8 Å². The van der Waals surface area contributed by atoms with Crippen molar-refractivity contribution in [1.82, 2.24) is 26.2 Å². The zero-order valence-corrected chi connectivity index (χ0v) is 27.5. The van der Waals surface area contributed by atoms with Crippen LogP contribution in [0.25, 0.3) is 0 Å². The molecule has 4 N–H and O–H groups in total. The number of nitrogens with one attached hydrogen (secondary N) is 4. The quantitative estimate of drug-likeness (QED) is 0.397. The first kappa shape index (κ1) is 34.6. The van der Waals surface area contributed by atoms with Gasteiger partial charge < -0.3 is 35.6 Å². The van der Waals surface area contributed by atoms with Crippen molar-refractivity contribution < 1.29 is 28.7 Å². The van der Waals surface area contributed by atoms with Gasteiger partial charge in [0.05, 0.1) is 6.61 Å². The van der Waals surface area contributed by atoms with E-state index < -0.39 is 29.7 Å². The molecule has 46 heavy (non-hydrogen) atoms. The normalized spacial score (nSPS) is 22.0. The average Bonchev–Trinajstić information content (AvgIpc) is 3.01. The lowest BCUT2D eigenvalue weighted by molar-refractivity contribution is -0.130. The molecule has 2 aromatic rings. The van der Waals surface area contributed by atoms with Gasteiger partial charge in [-0.2, -0.15) is 0 Å². The number of fused-ring (bicyclic) bond motifs is 4. The van der Waals surface area contributed by atoms with Gasteiger partial charge in [0.15, 0.2) is 0 Å². The second-order valence-electron chi connectivity index (χ2n) is 13.2. The first-order valence-corrected chi connectivity index (χ1v) is 16.3. The lowest BCUT2D eigenvalue weighted by atomic mass is 9.95. The number of alkyl carbamates (subject to hydrolysis) is 1. The van der Waals surface area contributed by atoms with Gasteiger partial charge in [-0.1, -0.05) is 36.4 Å². The van der Waals surface area contributed by atoms with Crippen molar-refractivity contribution in [2.45, 2.75) is 90.4 Å². The average molecular weight is 636 g/mol. The number of piperidine rings is 1. The standard InChI is InChI=1S/C35H49N5O6/c1-24-12-14-28-21-27(24)22-37-31(41)29(15-13-25-9-6-5-7-10-25)38-32(42)30(39-34(44)46-35(2,3)4)16-18-36-33(43)40-19-8-11-26(23-40)17-20-45-28/h5-7,9-10,12,14,21,26,29-30H,8,11,13,15-20,22-23H2,1-4H3,(H,36,43)(H,37,41)(H,38,42)(H,39,44)/t26?,29-,30-/m0/s1. The van der Waals surface area contributed by atoms with Crippen molar-refractivity contribution in [3.05, 3.63) is 65.2 Å². The fraction of sp³-hybridized carbons (Fsp3) is 0.543. The number of rotatable bonds is 4. The van der Waals surface area contributed by atoms with Crippen LogP contribution < -0.4 is 26.0 Å². The van der Waals surface area contributed by atoms with E-state index in [2.05, 4.69) is 21.3 Å². The predicted molar refractivity (Wildman–Crippen MR) is 175 cm³/mol. The maximum absolute atomic E-state index is 13.7. The summed E-state index contributed by atoms with van der Waals surface area (Å²) in [5.41, 5.74) is 2.18. The van der Waals surface area contributed by atoms with Gasteiger partial charge in [0, 0.05) is 26.2 Å². The van der Waals surface area contributed by atoms with Crippen LogP contribution in [0.3, 0.4) is 0 Å². The highest BCUT2D eigenvalue weighted by molar-refractivity contribution is 5.91. The van der Waals surface area contributed by atoms with E-state index in [0.29, 0.717) is 38.5 Å². The molecule has 250 valence electrons. The van der Waals surface area contributed by atoms with Crippen molar-refractivity contribution in [3.8, 4) is 5.75 Å². The first-order valence-electron chi connectivity index (χ1n) is 16.3. The van der Waals surface area contributed by atoms with E-state index in [-0.39, 0.29) is 31.4 Å². The van der Waals surface area contributed by atoms with E-state index >= 15 is 0 Å². The highest BCUT2D eigenvalue weighted by Crippen LogP contribution is 2.22. The molecule has 1 unspecified atom stereocenters. The first-order chi connectivity index (χ1) is 22.0. The Hall–Kier alpha value is -4.28. The van der Waals surface area contributed by atoms with Crippen LogP contribution in [0, 0.1) is 12.8 Å². The fourth-order valence-corrected chi connectivity index (χ4v) is 5.71. The van der Waals surface area contributed by atoms with Crippen molar-refractivity contribution in [3.63, 3.8) is 0 Å². The van der Waals surface area contributed by atoms with E-state index in [0.717, 1.165) is 41.7 Å². The Morgan fingerprint density at radius 3 is 2.57 bits per heavy atom. The van der Waals surface area contributed by atoms with Crippen LogP contribution in [0.5, 0.6) is 5.75 Å². The van der Waals surface area contributed by atoms with E-state index in [1.165, 1.54) is 0 Å². The Bertz CT molecular complexity index is 1340. The molecule has 0 saturated carbocycles. The van der Waals surface area contributed by atoms with Crippen LogP contribution in [0.4, 0.5) is 9.59 Å². The molecule has 2 aliphatic heterocycles. The van der Waals surface area contributed by atoms with Gasteiger partial charge in [0.25, 0.3) is 0 Å². The third kappa shape index (κ3) is 11.0. The monoisotopic (exact) mass is 635 g/mol. The topological polar surface area (TPSA) is 138 Å². The maximum atomic E-state index is 13.7. The van der Waals surface area contributed by atoms with Crippen LogP contribution in [0.1, 0.15) is 69.6 Å². The molecule has 0 spiro atoms. The minimum atomic E-state index is -1.04. The smallest absolute Gasteiger partial charge is 0.408 e. The van der Waals surface area contributed by atoms with Gasteiger partial charge in [-0.15, -0.1) is 0 Å². The summed E-state index contributed by atoms with van der Waals surface area (Å²) in [6.45, 7) is 9.41. The molecular weight excluding hydrogens is 586 g/mol. The summed E-state index contributed by atoms with van der Waals surface area (Å²) in [4.78, 5) is 54.9. The third-order valence-electron chi connectivity index (χ3n) is 8.29. The van der Waals surface area contributed by atoms with Crippen molar-refractivity contribution >= 4 is 23.9 Å². The Morgan fingerprint density at radius 2 is 1.80 bits per heavy atom. The molecule has 11 nitrogen and oxygen atoms in total. The van der Waals surface area contributed by atoms with E-state index in [1.807, 2.05) is 55.5 Å². The molecule has 2 heterocycles. The summed E-state index contributed by atoms with van der Waals surface area (Å²) in [7, 11) is 0. The molecule has 1 saturated heterocycles. The Balaban J connectivity index is 1.57. The van der Waals surface area contributed by atoms with Gasteiger partial charge in [0.1, 0.15) is 23.4 Å². The molecule has 0 aromatic heterocycles. The summed E-state index contributed by atoms with van der Waals surface area (Å²) < 4.78 is 11.5. The molecule has 4 bridgehead atoms. The van der Waals surface area contributed by atoms with E-state index in [1.54, 1.807) is 25.7 Å². The summed E-state index contributed by atoms with van der Waals surface area (Å²) in [6.07, 6.45) is 2.99. The van der Waals surface area contributed by atoms with Crippen molar-refractivity contribution in [2.24, 2.45) is 5.92 Å². The predicted octanol–water partition coefficient (Wildman–Crippen LogP) is 4.22. The van der Waals surface area contributed by atoms with Crippen LogP contribution in [0.2, 0.25) is 0 Å². The number of urea groups is 1. The summed E-state index contributed by atoms with van der Waals surface area (Å²) >= 11 is 0. The molecule has 11 heteroatoms. The Kier molecular flexibility index (Phi) is 12.3. The Morgan fingerprint density at radius 1 is 1.02 bits per heavy atom. The third-order valence-corrected chi connectivity index (χ3v) is 8.29. The highest BCUT2D eigenvalue weighted by Gasteiger charge is 2.29. The van der Waals surface area contributed by atoms with Crippen LogP contribution >= 0.6 is 0 Å². The number of nitrogens with zero attached hydrogens (tertiary/aromatic N) is 1. The molecule has 2 aromatic carbocycles. The number of amides is 5. The molecule has 5 amide bonds. The number of benzene rings is 2. The molecular formula is C35H49N5O6. The molecule has 2 aliphatic rings. The molecule has 3 atom stereocenters. The number of carbonyl (C=O) groups is 4. The zero-order valence-electron chi connectivity index (χ0n) is 27.5. The lowest BCUT2D eigenvalue weighted by Gasteiger charge is -2.33. The summed E-state index contributed by atoms with van der Waals surface area (Å²) in [6, 6.07) is 13.4. The number of ether oxygens (including phenoxy) is 2. The largest absolute Gasteiger partial charge is 0.494 e. The number of carbonyl (C=O) groups excluding carboxylic acids is 4. The van der Waals surface area contributed by atoms with Gasteiger partial charge >= 0.3 is 12.1 Å². The minimum Gasteiger partial charge on any atom is -0.494 e. The van der Waals surface area contributed by atoms with Crippen molar-refractivity contribution in [2.75, 3.05) is 26.2 Å². The summed E-state index contributed by atoms with van der Waals surface area (Å²) in [5, 5.41) is 11.4. The Labute approximate surface area is 272 Å². The molecule has 0 aliphatic carbocycles. The van der Waals surface area contributed by atoms with Gasteiger partial charge in [-0.25, -0.2) is 9.59 Å². The van der Waals surface area contributed by atoms with E-state index in [9.17, 15) is 19.2 Å². The highest BCUT2D eigenvalue weighted by atomic mass is 16.6. The molecule has 0 radical (unpaired) electrons. The number of hydrogen-bond acceptors (Lipinski definition) is 6. The van der Waals surface area contributed by atoms with E-state index in [4.69, 9.17) is 9.47 Å². The molecule has 4 rings (SSSR count).